The fourth-order valence-corrected chi connectivity index (χ4v) is 4.42. The number of hydrogen-bond acceptors (Lipinski definition) is 6. The highest BCUT2D eigenvalue weighted by atomic mass is 15.4. The van der Waals surface area contributed by atoms with Gasteiger partial charge in [-0.2, -0.15) is 5.10 Å². The summed E-state index contributed by atoms with van der Waals surface area (Å²) in [6, 6.07) is 14.5. The van der Waals surface area contributed by atoms with Crippen LogP contribution in [0.3, 0.4) is 0 Å². The Morgan fingerprint density at radius 2 is 1.79 bits per heavy atom. The third kappa shape index (κ3) is 3.38. The molecule has 0 saturated carbocycles. The molecule has 4 heterocycles. The van der Waals surface area contributed by atoms with Crippen molar-refractivity contribution in [1.29, 1.82) is 0 Å². The molecule has 0 spiro atoms. The fraction of sp³-hybridized carbons (Fsp3) is 0.160. The van der Waals surface area contributed by atoms with E-state index in [9.17, 15) is 0 Å². The lowest BCUT2D eigenvalue weighted by Crippen LogP contribution is -2.17. The second-order valence-corrected chi connectivity index (χ2v) is 8.42. The zero-order valence-corrected chi connectivity index (χ0v) is 19.1. The van der Waals surface area contributed by atoms with Crippen LogP contribution in [0.25, 0.3) is 33.1 Å². The van der Waals surface area contributed by atoms with Gasteiger partial charge in [0.15, 0.2) is 0 Å². The molecule has 1 N–H and O–H groups in total. The van der Waals surface area contributed by atoms with Crippen LogP contribution in [0.2, 0.25) is 0 Å². The largest absolute Gasteiger partial charge is 0.371 e. The van der Waals surface area contributed by atoms with Gasteiger partial charge in [-0.3, -0.25) is 14.6 Å². The number of benzene rings is 2. The monoisotopic (exact) mass is 449 g/mol. The first kappa shape index (κ1) is 20.1. The van der Waals surface area contributed by atoms with Gasteiger partial charge in [-0.25, -0.2) is 4.68 Å². The molecule has 0 saturated heterocycles. The van der Waals surface area contributed by atoms with Gasteiger partial charge < -0.3 is 9.88 Å². The molecule has 1 unspecified atom stereocenters. The van der Waals surface area contributed by atoms with Crippen LogP contribution in [-0.4, -0.2) is 39.3 Å². The highest BCUT2D eigenvalue weighted by molar-refractivity contribution is 5.97. The number of fused-ring (bicyclic) bond motifs is 2. The van der Waals surface area contributed by atoms with Crippen LogP contribution in [0, 0.1) is 0 Å². The van der Waals surface area contributed by atoms with Gasteiger partial charge in [0.25, 0.3) is 0 Å². The van der Waals surface area contributed by atoms with Crippen molar-refractivity contribution in [3.63, 3.8) is 0 Å². The number of nitrogens with one attached hydrogen (secondary N) is 1. The Labute approximate surface area is 195 Å². The summed E-state index contributed by atoms with van der Waals surface area (Å²) in [6.45, 7) is 0. The van der Waals surface area contributed by atoms with Gasteiger partial charge in [-0.1, -0.05) is 17.3 Å². The maximum Gasteiger partial charge on any atom is 0.114 e. The van der Waals surface area contributed by atoms with Gasteiger partial charge in [0.05, 0.1) is 28.6 Å². The number of aryl methyl sites for hydroxylation is 3. The molecule has 9 nitrogen and oxygen atoms in total. The molecule has 0 aliphatic heterocycles. The highest BCUT2D eigenvalue weighted by Crippen LogP contribution is 2.34. The first-order valence-electron chi connectivity index (χ1n) is 11.0. The number of nitrogens with zero attached hydrogens (tertiary/aromatic N) is 8. The quantitative estimate of drug-likeness (QED) is 0.430. The van der Waals surface area contributed by atoms with Crippen LogP contribution < -0.4 is 5.32 Å². The number of aromatic nitrogens is 8. The third-order valence-corrected chi connectivity index (χ3v) is 6.16. The summed E-state index contributed by atoms with van der Waals surface area (Å²) in [4.78, 5) is 9.26. The third-order valence-electron chi connectivity index (χ3n) is 6.16. The summed E-state index contributed by atoms with van der Waals surface area (Å²) in [5.41, 5.74) is 7.63. The van der Waals surface area contributed by atoms with Crippen molar-refractivity contribution in [2.75, 3.05) is 5.32 Å². The van der Waals surface area contributed by atoms with E-state index in [0.717, 1.165) is 39.2 Å². The van der Waals surface area contributed by atoms with Crippen LogP contribution in [0.5, 0.6) is 0 Å². The molecule has 0 amide bonds. The first-order chi connectivity index (χ1) is 16.6. The van der Waals surface area contributed by atoms with Crippen LogP contribution in [0.4, 0.5) is 5.69 Å². The van der Waals surface area contributed by atoms with Crippen molar-refractivity contribution >= 4 is 27.6 Å². The standard InChI is InChI=1S/C25H23N9/c1-32-10-6-16-4-5-17(12-22(16)32)19-13-18(14-21-24(19)27-9-8-26-21)29-25(20-7-11-33(2)30-20)23-15-28-31-34(23)3/h4-15,25,29H,1-3H3. The zero-order valence-electron chi connectivity index (χ0n) is 19.1. The molecule has 9 heteroatoms. The molecular formula is C25H23N9. The average molecular weight is 450 g/mol. The molecule has 4 aromatic heterocycles. The Morgan fingerprint density at radius 3 is 2.59 bits per heavy atom. The van der Waals surface area contributed by atoms with E-state index in [1.54, 1.807) is 28.0 Å². The molecule has 0 aliphatic rings. The molecule has 6 aromatic rings. The van der Waals surface area contributed by atoms with Crippen LogP contribution >= 0.6 is 0 Å². The lowest BCUT2D eigenvalue weighted by atomic mass is 10.0. The Morgan fingerprint density at radius 1 is 0.912 bits per heavy atom. The predicted octanol–water partition coefficient (Wildman–Crippen LogP) is 3.85. The molecule has 6 rings (SSSR count). The van der Waals surface area contributed by atoms with Crippen molar-refractivity contribution in [1.82, 2.24) is 39.3 Å². The number of anilines is 1. The second kappa shape index (κ2) is 7.80. The van der Waals surface area contributed by atoms with Crippen molar-refractivity contribution in [3.8, 4) is 11.1 Å². The highest BCUT2D eigenvalue weighted by Gasteiger charge is 2.22. The van der Waals surface area contributed by atoms with E-state index in [2.05, 4.69) is 78.8 Å². The summed E-state index contributed by atoms with van der Waals surface area (Å²) in [7, 11) is 5.85. The summed E-state index contributed by atoms with van der Waals surface area (Å²) in [5, 5.41) is 17.7. The Hall–Kier alpha value is -4.53. The lowest BCUT2D eigenvalue weighted by Gasteiger charge is -2.19. The van der Waals surface area contributed by atoms with Crippen LogP contribution in [-0.2, 0) is 21.1 Å². The van der Waals surface area contributed by atoms with E-state index in [1.807, 2.05) is 32.4 Å². The van der Waals surface area contributed by atoms with Crippen LogP contribution in [0.1, 0.15) is 17.4 Å². The molecule has 0 aliphatic carbocycles. The summed E-state index contributed by atoms with van der Waals surface area (Å²) in [6.07, 6.45) is 9.22. The van der Waals surface area contributed by atoms with Gasteiger partial charge in [0.1, 0.15) is 6.04 Å². The first-order valence-corrected chi connectivity index (χ1v) is 11.0. The van der Waals surface area contributed by atoms with Crippen molar-refractivity contribution < 1.29 is 0 Å². The Balaban J connectivity index is 1.50. The summed E-state index contributed by atoms with van der Waals surface area (Å²) in [5.74, 6) is 0. The fourth-order valence-electron chi connectivity index (χ4n) is 4.42. The second-order valence-electron chi connectivity index (χ2n) is 8.42. The van der Waals surface area contributed by atoms with E-state index < -0.39 is 0 Å². The summed E-state index contributed by atoms with van der Waals surface area (Å²) >= 11 is 0. The van der Waals surface area contributed by atoms with Crippen molar-refractivity contribution in [2.24, 2.45) is 21.1 Å². The van der Waals surface area contributed by atoms with Crippen LogP contribution in [0.15, 0.2) is 73.4 Å². The molecular weight excluding hydrogens is 426 g/mol. The SMILES string of the molecule is Cn1ccc(C(Nc2cc(-c3ccc4ccn(C)c4c3)c3nccnc3c2)c2cnnn2C)n1. The Bertz CT molecular complexity index is 1640. The van der Waals surface area contributed by atoms with E-state index in [0.29, 0.717) is 0 Å². The lowest BCUT2D eigenvalue weighted by molar-refractivity contribution is 0.648. The number of hydrogen-bond donors (Lipinski definition) is 1. The van der Waals surface area contributed by atoms with Gasteiger partial charge in [-0.15, -0.1) is 5.10 Å². The molecule has 168 valence electrons. The smallest absolute Gasteiger partial charge is 0.114 e. The molecule has 34 heavy (non-hydrogen) atoms. The zero-order chi connectivity index (χ0) is 23.2. The van der Waals surface area contributed by atoms with E-state index in [4.69, 9.17) is 0 Å². The maximum atomic E-state index is 4.66. The van der Waals surface area contributed by atoms with Gasteiger partial charge >= 0.3 is 0 Å². The normalized spacial score (nSPS) is 12.4. The molecule has 1 atom stereocenters. The maximum absolute atomic E-state index is 4.66. The average Bonchev–Trinajstić information content (AvgIpc) is 3.57. The van der Waals surface area contributed by atoms with Crippen molar-refractivity contribution in [3.05, 3.63) is 84.8 Å². The minimum Gasteiger partial charge on any atom is -0.371 e. The van der Waals surface area contributed by atoms with Gasteiger partial charge in [0, 0.05) is 62.7 Å². The number of rotatable bonds is 5. The molecule has 0 fully saturated rings. The molecule has 0 bridgehead atoms. The topological polar surface area (TPSA) is 91.3 Å². The van der Waals surface area contributed by atoms with E-state index >= 15 is 0 Å². The van der Waals surface area contributed by atoms with E-state index in [1.165, 1.54) is 10.9 Å². The van der Waals surface area contributed by atoms with Gasteiger partial charge in [0.2, 0.25) is 0 Å². The predicted molar refractivity (Wildman–Crippen MR) is 131 cm³/mol. The minimum atomic E-state index is -0.237. The van der Waals surface area contributed by atoms with Gasteiger partial charge in [-0.05, 0) is 41.3 Å². The summed E-state index contributed by atoms with van der Waals surface area (Å²) < 4.78 is 5.68. The van der Waals surface area contributed by atoms with Crippen molar-refractivity contribution in [2.45, 2.75) is 6.04 Å². The van der Waals surface area contributed by atoms with E-state index in [-0.39, 0.29) is 6.04 Å². The Kier molecular flexibility index (Phi) is 4.61. The molecule has 2 aromatic carbocycles. The minimum absolute atomic E-state index is 0.237. The molecule has 0 radical (unpaired) electrons.